The van der Waals surface area contributed by atoms with Gasteiger partial charge in [-0.2, -0.15) is 0 Å². The van der Waals surface area contributed by atoms with Gasteiger partial charge in [-0.3, -0.25) is 0 Å². The monoisotopic (exact) mass is 300 g/mol. The fourth-order valence-corrected chi connectivity index (χ4v) is 1.99. The molecule has 1 N–H and O–H groups in total. The minimum atomic E-state index is 0.240. The van der Waals surface area contributed by atoms with Gasteiger partial charge in [-0.05, 0) is 24.0 Å². The molecule has 1 saturated heterocycles. The van der Waals surface area contributed by atoms with E-state index in [2.05, 4.69) is 24.3 Å². The minimum absolute atomic E-state index is 0.240. The van der Waals surface area contributed by atoms with E-state index in [0.29, 0.717) is 6.10 Å². The van der Waals surface area contributed by atoms with Gasteiger partial charge in [-0.15, -0.1) is 0 Å². The maximum Gasteiger partial charge on any atom is 0.104 e. The number of epoxide rings is 1. The van der Waals surface area contributed by atoms with Gasteiger partial charge < -0.3 is 14.6 Å². The molecule has 3 heteroatoms. The van der Waals surface area contributed by atoms with E-state index >= 15 is 0 Å². The van der Waals surface area contributed by atoms with Gasteiger partial charge in [0.1, 0.15) is 6.10 Å². The third-order valence-corrected chi connectivity index (χ3v) is 3.33. The summed E-state index contributed by atoms with van der Waals surface area (Å²) in [6.45, 7) is 2.67. The van der Waals surface area contributed by atoms with E-state index in [1.807, 2.05) is 36.4 Å². The van der Waals surface area contributed by atoms with Crippen LogP contribution in [0.25, 0.3) is 0 Å². The third kappa shape index (κ3) is 7.36. The highest BCUT2D eigenvalue weighted by atomic mass is 16.6. The summed E-state index contributed by atoms with van der Waals surface area (Å²) in [5, 5.41) is 8.52. The molecule has 0 spiro atoms. The molecule has 3 nitrogen and oxygen atoms in total. The van der Waals surface area contributed by atoms with Crippen molar-refractivity contribution in [1.82, 2.24) is 0 Å². The molecule has 3 rings (SSSR count). The molecule has 0 aromatic heterocycles. The zero-order valence-corrected chi connectivity index (χ0v) is 12.9. The number of aliphatic hydroxyl groups excluding tert-OH is 1. The summed E-state index contributed by atoms with van der Waals surface area (Å²) in [6, 6.07) is 20.3. The summed E-state index contributed by atoms with van der Waals surface area (Å²) in [4.78, 5) is 0. The van der Waals surface area contributed by atoms with E-state index in [1.54, 1.807) is 0 Å². The van der Waals surface area contributed by atoms with Gasteiger partial charge in [0.2, 0.25) is 0 Å². The van der Waals surface area contributed by atoms with Crippen LogP contribution in [0, 0.1) is 0 Å². The molecule has 1 unspecified atom stereocenters. The minimum Gasteiger partial charge on any atom is -0.396 e. The molecular formula is C19H24O3. The maximum atomic E-state index is 8.52. The standard InChI is InChI=1S/C11H14O2.C8H10O/c1-2-4-10(5-3-1)6-7-12-8-11-9-13-11;9-7-6-8-4-2-1-3-5-8/h1-5,11H,6-9H2;1-5,9H,6-7H2. The third-order valence-electron chi connectivity index (χ3n) is 3.33. The Labute approximate surface area is 132 Å². The second-order valence-corrected chi connectivity index (χ2v) is 5.23. The lowest BCUT2D eigenvalue weighted by Crippen LogP contribution is -2.04. The van der Waals surface area contributed by atoms with Crippen LogP contribution in [0.1, 0.15) is 11.1 Å². The smallest absolute Gasteiger partial charge is 0.104 e. The van der Waals surface area contributed by atoms with Gasteiger partial charge in [-0.1, -0.05) is 60.7 Å². The van der Waals surface area contributed by atoms with E-state index in [0.717, 1.165) is 32.7 Å². The molecule has 1 heterocycles. The number of benzene rings is 2. The average Bonchev–Trinajstić information content (AvgIpc) is 3.39. The van der Waals surface area contributed by atoms with Gasteiger partial charge in [-0.25, -0.2) is 0 Å². The molecule has 0 bridgehead atoms. The second-order valence-electron chi connectivity index (χ2n) is 5.23. The van der Waals surface area contributed by atoms with Crippen LogP contribution in [-0.2, 0) is 22.3 Å². The highest BCUT2D eigenvalue weighted by Crippen LogP contribution is 2.08. The normalized spacial score (nSPS) is 15.8. The van der Waals surface area contributed by atoms with Crippen LogP contribution in [-0.4, -0.2) is 37.6 Å². The molecule has 0 radical (unpaired) electrons. The number of rotatable bonds is 7. The second kappa shape index (κ2) is 10.1. The van der Waals surface area contributed by atoms with Crippen LogP contribution in [0.5, 0.6) is 0 Å². The summed E-state index contributed by atoms with van der Waals surface area (Å²) in [7, 11) is 0. The number of hydrogen-bond acceptors (Lipinski definition) is 3. The molecule has 2 aromatic carbocycles. The summed E-state index contributed by atoms with van der Waals surface area (Å²) in [6.07, 6.45) is 2.14. The van der Waals surface area contributed by atoms with Crippen molar-refractivity contribution < 1.29 is 14.6 Å². The molecule has 0 saturated carbocycles. The van der Waals surface area contributed by atoms with Crippen molar-refractivity contribution in [3.05, 3.63) is 71.8 Å². The molecular weight excluding hydrogens is 276 g/mol. The van der Waals surface area contributed by atoms with Crippen LogP contribution in [0.4, 0.5) is 0 Å². The van der Waals surface area contributed by atoms with Crippen molar-refractivity contribution >= 4 is 0 Å². The predicted octanol–water partition coefficient (Wildman–Crippen LogP) is 2.87. The summed E-state index contributed by atoms with van der Waals surface area (Å²) < 4.78 is 10.5. The van der Waals surface area contributed by atoms with Crippen LogP contribution in [0.3, 0.4) is 0 Å². The van der Waals surface area contributed by atoms with E-state index < -0.39 is 0 Å². The Bertz CT molecular complexity index is 495. The number of aliphatic hydroxyl groups is 1. The van der Waals surface area contributed by atoms with E-state index in [-0.39, 0.29) is 6.61 Å². The molecule has 118 valence electrons. The van der Waals surface area contributed by atoms with Crippen molar-refractivity contribution in [2.24, 2.45) is 0 Å². The molecule has 0 amide bonds. The van der Waals surface area contributed by atoms with E-state index in [1.165, 1.54) is 11.1 Å². The highest BCUT2D eigenvalue weighted by molar-refractivity contribution is 5.15. The van der Waals surface area contributed by atoms with Crippen molar-refractivity contribution in [2.45, 2.75) is 18.9 Å². The SMILES string of the molecule is OCCc1ccccc1.c1ccc(CCOCC2CO2)cc1. The summed E-state index contributed by atoms with van der Waals surface area (Å²) in [5.74, 6) is 0. The van der Waals surface area contributed by atoms with Gasteiger partial charge in [0, 0.05) is 6.61 Å². The van der Waals surface area contributed by atoms with Gasteiger partial charge in [0.25, 0.3) is 0 Å². The first kappa shape index (κ1) is 16.7. The largest absolute Gasteiger partial charge is 0.396 e. The maximum absolute atomic E-state index is 8.52. The zero-order valence-electron chi connectivity index (χ0n) is 12.9. The van der Waals surface area contributed by atoms with Gasteiger partial charge in [0.15, 0.2) is 0 Å². The number of ether oxygens (including phenoxy) is 2. The molecule has 22 heavy (non-hydrogen) atoms. The van der Waals surface area contributed by atoms with E-state index in [4.69, 9.17) is 14.6 Å². The average molecular weight is 300 g/mol. The molecule has 1 aliphatic rings. The van der Waals surface area contributed by atoms with Crippen LogP contribution in [0.2, 0.25) is 0 Å². The topological polar surface area (TPSA) is 42.0 Å². The van der Waals surface area contributed by atoms with Crippen molar-refractivity contribution in [3.63, 3.8) is 0 Å². The quantitative estimate of drug-likeness (QED) is 0.631. The lowest BCUT2D eigenvalue weighted by Gasteiger charge is -2.01. The van der Waals surface area contributed by atoms with E-state index in [9.17, 15) is 0 Å². The zero-order chi connectivity index (χ0) is 15.5. The first-order valence-corrected chi connectivity index (χ1v) is 7.76. The molecule has 1 fully saturated rings. The Hall–Kier alpha value is -1.68. The Morgan fingerprint density at radius 3 is 1.95 bits per heavy atom. The fourth-order valence-electron chi connectivity index (χ4n) is 1.99. The Kier molecular flexibility index (Phi) is 7.67. The molecule has 1 aliphatic heterocycles. The Morgan fingerprint density at radius 1 is 0.909 bits per heavy atom. The molecule has 1 atom stereocenters. The lowest BCUT2D eigenvalue weighted by molar-refractivity contribution is 0.119. The van der Waals surface area contributed by atoms with Crippen LogP contribution >= 0.6 is 0 Å². The van der Waals surface area contributed by atoms with Crippen molar-refractivity contribution in [3.8, 4) is 0 Å². The van der Waals surface area contributed by atoms with Gasteiger partial charge >= 0.3 is 0 Å². The van der Waals surface area contributed by atoms with Crippen molar-refractivity contribution in [2.75, 3.05) is 26.4 Å². The molecule has 0 aliphatic carbocycles. The predicted molar refractivity (Wildman–Crippen MR) is 87.9 cm³/mol. The van der Waals surface area contributed by atoms with Crippen LogP contribution < -0.4 is 0 Å². The fraction of sp³-hybridized carbons (Fsp3) is 0.368. The molecule has 2 aromatic rings. The lowest BCUT2D eigenvalue weighted by atomic mass is 10.2. The first-order valence-electron chi connectivity index (χ1n) is 7.76. The van der Waals surface area contributed by atoms with Crippen molar-refractivity contribution in [1.29, 1.82) is 0 Å². The number of hydrogen-bond donors (Lipinski definition) is 1. The summed E-state index contributed by atoms with van der Waals surface area (Å²) >= 11 is 0. The highest BCUT2D eigenvalue weighted by Gasteiger charge is 2.21. The Morgan fingerprint density at radius 2 is 1.45 bits per heavy atom. The summed E-state index contributed by atoms with van der Waals surface area (Å²) in [5.41, 5.74) is 2.53. The Balaban J connectivity index is 0.000000172. The van der Waals surface area contributed by atoms with Crippen LogP contribution in [0.15, 0.2) is 60.7 Å². The van der Waals surface area contributed by atoms with Gasteiger partial charge in [0.05, 0.1) is 19.8 Å². The first-order chi connectivity index (χ1) is 10.9.